The van der Waals surface area contributed by atoms with E-state index in [4.69, 9.17) is 11.5 Å². The normalized spacial score (nSPS) is 13.1. The molecule has 0 spiro atoms. The molecule has 0 bridgehead atoms. The summed E-state index contributed by atoms with van der Waals surface area (Å²) < 4.78 is 0. The molecule has 1 unspecified atom stereocenters. The van der Waals surface area contributed by atoms with Crippen LogP contribution in [0, 0.1) is 0 Å². The van der Waals surface area contributed by atoms with E-state index >= 15 is 0 Å². The van der Waals surface area contributed by atoms with Crippen molar-refractivity contribution in [3.8, 4) is 0 Å². The predicted octanol–water partition coefficient (Wildman–Crippen LogP) is -2.74. The summed E-state index contributed by atoms with van der Waals surface area (Å²) in [6, 6.07) is -1.71. The number of nitrogens with one attached hydrogen (secondary N) is 4. The predicted molar refractivity (Wildman–Crippen MR) is 90.6 cm³/mol. The van der Waals surface area contributed by atoms with Gasteiger partial charge in [-0.25, -0.2) is 11.0 Å². The Morgan fingerprint density at radius 2 is 1.64 bits per heavy atom. The van der Waals surface area contributed by atoms with Crippen molar-refractivity contribution in [2.75, 3.05) is 33.9 Å². The Morgan fingerprint density at radius 3 is 2.24 bits per heavy atom. The van der Waals surface area contributed by atoms with Crippen LogP contribution < -0.4 is 33.1 Å². The Hall–Kier alpha value is -1.79. The molecule has 2 atom stereocenters. The van der Waals surface area contributed by atoms with Crippen LogP contribution in [0.15, 0.2) is 0 Å². The van der Waals surface area contributed by atoms with Crippen molar-refractivity contribution in [1.82, 2.24) is 21.6 Å². The van der Waals surface area contributed by atoms with E-state index in [2.05, 4.69) is 31.3 Å². The Kier molecular flexibility index (Phi) is 13.5. The fourth-order valence-electron chi connectivity index (χ4n) is 1.91. The molecule has 0 saturated heterocycles. The van der Waals surface area contributed by atoms with E-state index in [1.54, 1.807) is 0 Å². The zero-order valence-electron chi connectivity index (χ0n) is 14.8. The third kappa shape index (κ3) is 12.3. The minimum absolute atomic E-state index is 0.0495. The lowest BCUT2D eigenvalue weighted by molar-refractivity contribution is -0.129. The number of hydroxylamine groups is 2. The van der Waals surface area contributed by atoms with Gasteiger partial charge in [-0.2, -0.15) is 0 Å². The first-order valence-corrected chi connectivity index (χ1v) is 8.06. The summed E-state index contributed by atoms with van der Waals surface area (Å²) in [7, 11) is 2.97. The van der Waals surface area contributed by atoms with Crippen LogP contribution in [-0.4, -0.2) is 63.7 Å². The molecule has 0 aliphatic rings. The molecule has 0 radical (unpaired) electrons. The molecule has 0 saturated carbocycles. The van der Waals surface area contributed by atoms with E-state index in [9.17, 15) is 14.4 Å². The highest BCUT2D eigenvalue weighted by Crippen LogP contribution is 2.00. The largest absolute Gasteiger partial charge is 0.368 e. The second-order valence-corrected chi connectivity index (χ2v) is 5.30. The van der Waals surface area contributed by atoms with Gasteiger partial charge in [0.25, 0.3) is 0 Å². The molecule has 11 heteroatoms. The zero-order chi connectivity index (χ0) is 19.1. The van der Waals surface area contributed by atoms with Crippen LogP contribution in [0.2, 0.25) is 0 Å². The number of nitrogens with two attached hydrogens (primary N) is 2. The van der Waals surface area contributed by atoms with Crippen molar-refractivity contribution in [3.05, 3.63) is 0 Å². The van der Waals surface area contributed by atoms with Crippen molar-refractivity contribution < 1.29 is 24.1 Å². The lowest BCUT2D eigenvalue weighted by Crippen LogP contribution is -2.50. The van der Waals surface area contributed by atoms with Gasteiger partial charge in [0, 0.05) is 26.1 Å². The maximum Gasteiger partial charge on any atom is 0.240 e. The standard InChI is InChI=1S/C14H30N6O5/c1-24-18-7-3-4-10(15)14(23)20-11(13(16)22)5-6-12(21)17-8-9-19-25-2/h10-11,18-19H,3-9,15H2,1-2H3,(H2,16,22)(H,17,21)(H,20,23)/t10?,11-/m0/s1. The first-order chi connectivity index (χ1) is 11.9. The van der Waals surface area contributed by atoms with Crippen LogP contribution in [-0.2, 0) is 24.1 Å². The van der Waals surface area contributed by atoms with Crippen LogP contribution in [0.1, 0.15) is 25.7 Å². The summed E-state index contributed by atoms with van der Waals surface area (Å²) in [4.78, 5) is 44.4. The first-order valence-electron chi connectivity index (χ1n) is 8.06. The first kappa shape index (κ1) is 23.2. The van der Waals surface area contributed by atoms with Crippen LogP contribution in [0.3, 0.4) is 0 Å². The minimum Gasteiger partial charge on any atom is -0.368 e. The van der Waals surface area contributed by atoms with Gasteiger partial charge in [0.15, 0.2) is 0 Å². The number of amides is 3. The molecule has 0 aromatic heterocycles. The number of primary amides is 1. The number of carbonyl (C=O) groups is 3. The summed E-state index contributed by atoms with van der Waals surface area (Å²) in [6.07, 6.45) is 1.19. The topological polar surface area (TPSA) is 170 Å². The van der Waals surface area contributed by atoms with Gasteiger partial charge in [-0.1, -0.05) is 0 Å². The number of carbonyl (C=O) groups excluding carboxylic acids is 3. The molecule has 0 heterocycles. The van der Waals surface area contributed by atoms with Crippen LogP contribution in [0.25, 0.3) is 0 Å². The Labute approximate surface area is 147 Å². The molecule has 3 amide bonds. The van der Waals surface area contributed by atoms with Gasteiger partial charge < -0.3 is 31.8 Å². The lowest BCUT2D eigenvalue weighted by Gasteiger charge is -2.18. The molecule has 0 aromatic rings. The highest BCUT2D eigenvalue weighted by Gasteiger charge is 2.22. The summed E-state index contributed by atoms with van der Waals surface area (Å²) in [5.41, 5.74) is 16.3. The van der Waals surface area contributed by atoms with Gasteiger partial charge in [-0.05, 0) is 19.3 Å². The SMILES string of the molecule is CONCCCC(N)C(=O)N[C@@H](CCC(=O)NCCNOC)C(N)=O. The average Bonchev–Trinajstić information content (AvgIpc) is 2.58. The van der Waals surface area contributed by atoms with Gasteiger partial charge in [-0.3, -0.25) is 14.4 Å². The highest BCUT2D eigenvalue weighted by atomic mass is 16.6. The van der Waals surface area contributed by atoms with Crippen LogP contribution >= 0.6 is 0 Å². The van der Waals surface area contributed by atoms with Gasteiger partial charge in [-0.15, -0.1) is 0 Å². The van der Waals surface area contributed by atoms with Crippen molar-refractivity contribution in [1.29, 1.82) is 0 Å². The van der Waals surface area contributed by atoms with Crippen molar-refractivity contribution in [2.24, 2.45) is 11.5 Å². The monoisotopic (exact) mass is 362 g/mol. The maximum atomic E-state index is 12.0. The molecule has 0 aliphatic carbocycles. The molecular formula is C14H30N6O5. The second kappa shape index (κ2) is 14.5. The van der Waals surface area contributed by atoms with E-state index in [1.807, 2.05) is 0 Å². The van der Waals surface area contributed by atoms with E-state index < -0.39 is 23.9 Å². The van der Waals surface area contributed by atoms with Gasteiger partial charge in [0.1, 0.15) is 6.04 Å². The van der Waals surface area contributed by atoms with Crippen molar-refractivity contribution >= 4 is 17.7 Å². The minimum atomic E-state index is -0.946. The quantitative estimate of drug-likeness (QED) is 0.135. The van der Waals surface area contributed by atoms with Crippen molar-refractivity contribution in [2.45, 2.75) is 37.8 Å². The lowest BCUT2D eigenvalue weighted by atomic mass is 10.1. The summed E-state index contributed by atoms with van der Waals surface area (Å²) in [5, 5.41) is 5.12. The Morgan fingerprint density at radius 1 is 1.00 bits per heavy atom. The third-order valence-electron chi connectivity index (χ3n) is 3.29. The number of rotatable bonds is 15. The molecule has 11 nitrogen and oxygen atoms in total. The zero-order valence-corrected chi connectivity index (χ0v) is 14.8. The van der Waals surface area contributed by atoms with E-state index in [1.165, 1.54) is 14.2 Å². The number of hydrogen-bond donors (Lipinski definition) is 6. The molecule has 0 fully saturated rings. The van der Waals surface area contributed by atoms with E-state index in [-0.39, 0.29) is 18.7 Å². The van der Waals surface area contributed by atoms with Gasteiger partial charge in [0.2, 0.25) is 17.7 Å². The fraction of sp³-hybridized carbons (Fsp3) is 0.786. The maximum absolute atomic E-state index is 12.0. The Bertz CT molecular complexity index is 409. The highest BCUT2D eigenvalue weighted by molar-refractivity contribution is 5.89. The molecule has 0 aliphatic heterocycles. The molecule has 0 aromatic carbocycles. The van der Waals surface area contributed by atoms with Gasteiger partial charge >= 0.3 is 0 Å². The Balaban J connectivity index is 4.16. The summed E-state index contributed by atoms with van der Waals surface area (Å²) in [6.45, 7) is 1.38. The smallest absolute Gasteiger partial charge is 0.240 e. The molecule has 25 heavy (non-hydrogen) atoms. The summed E-state index contributed by atoms with van der Waals surface area (Å²) >= 11 is 0. The summed E-state index contributed by atoms with van der Waals surface area (Å²) in [5.74, 6) is -1.45. The van der Waals surface area contributed by atoms with Crippen LogP contribution in [0.4, 0.5) is 0 Å². The molecule has 8 N–H and O–H groups in total. The van der Waals surface area contributed by atoms with E-state index in [0.717, 1.165) is 0 Å². The number of hydrogen-bond acceptors (Lipinski definition) is 8. The second-order valence-electron chi connectivity index (χ2n) is 5.30. The van der Waals surface area contributed by atoms with Gasteiger partial charge in [0.05, 0.1) is 20.3 Å². The molecule has 0 rings (SSSR count). The van der Waals surface area contributed by atoms with Crippen LogP contribution in [0.5, 0.6) is 0 Å². The van der Waals surface area contributed by atoms with E-state index in [0.29, 0.717) is 32.5 Å². The molecule has 146 valence electrons. The van der Waals surface area contributed by atoms with Crippen molar-refractivity contribution in [3.63, 3.8) is 0 Å². The molecular weight excluding hydrogens is 332 g/mol. The third-order valence-corrected chi connectivity index (χ3v) is 3.29. The fourth-order valence-corrected chi connectivity index (χ4v) is 1.91. The average molecular weight is 362 g/mol.